The van der Waals surface area contributed by atoms with Crippen molar-refractivity contribution in [3.63, 3.8) is 0 Å². The minimum atomic E-state index is 0.878. The second kappa shape index (κ2) is 7.57. The number of rotatable bonds is 6. The fraction of sp³-hybridized carbons (Fsp3) is 0.667. The zero-order chi connectivity index (χ0) is 13.5. The maximum Gasteiger partial charge on any atom is 0.0340 e. The summed E-state index contributed by atoms with van der Waals surface area (Å²) in [7, 11) is 0. The van der Waals surface area contributed by atoms with Gasteiger partial charge in [0, 0.05) is 12.2 Å². The van der Waals surface area contributed by atoms with Gasteiger partial charge in [0.05, 0.1) is 0 Å². The molecule has 1 fully saturated rings. The van der Waals surface area contributed by atoms with Gasteiger partial charge in [-0.3, -0.25) is 0 Å². The van der Waals surface area contributed by atoms with Gasteiger partial charge in [0.25, 0.3) is 0 Å². The zero-order valence-electron chi connectivity index (χ0n) is 12.6. The zero-order valence-corrected chi connectivity index (χ0v) is 12.6. The van der Waals surface area contributed by atoms with Gasteiger partial charge >= 0.3 is 0 Å². The van der Waals surface area contributed by atoms with Gasteiger partial charge in [-0.15, -0.1) is 0 Å². The van der Waals surface area contributed by atoms with E-state index >= 15 is 0 Å². The molecule has 1 aromatic rings. The fourth-order valence-electron chi connectivity index (χ4n) is 3.18. The van der Waals surface area contributed by atoms with Crippen molar-refractivity contribution in [3.8, 4) is 0 Å². The summed E-state index contributed by atoms with van der Waals surface area (Å²) in [6, 6.07) is 9.05. The normalized spacial score (nSPS) is 23.3. The third kappa shape index (κ3) is 4.89. The molecular formula is C18H29N. The highest BCUT2D eigenvalue weighted by atomic mass is 14.9. The number of anilines is 1. The first-order valence-corrected chi connectivity index (χ1v) is 8.10. The second-order valence-corrected chi connectivity index (χ2v) is 6.32. The van der Waals surface area contributed by atoms with E-state index in [1.165, 1.54) is 56.2 Å². The summed E-state index contributed by atoms with van der Waals surface area (Å²) in [5, 5.41) is 3.62. The molecule has 1 nitrogen and oxygen atoms in total. The number of benzene rings is 1. The third-order valence-electron chi connectivity index (χ3n) is 4.41. The van der Waals surface area contributed by atoms with Crippen molar-refractivity contribution in [3.05, 3.63) is 29.8 Å². The molecule has 1 saturated carbocycles. The van der Waals surface area contributed by atoms with E-state index in [-0.39, 0.29) is 0 Å². The van der Waals surface area contributed by atoms with Crippen molar-refractivity contribution in [2.75, 3.05) is 11.9 Å². The Morgan fingerprint density at radius 3 is 2.63 bits per heavy atom. The van der Waals surface area contributed by atoms with Crippen molar-refractivity contribution >= 4 is 5.69 Å². The van der Waals surface area contributed by atoms with E-state index in [0.29, 0.717) is 0 Å². The van der Waals surface area contributed by atoms with E-state index in [9.17, 15) is 0 Å². The van der Waals surface area contributed by atoms with Crippen LogP contribution in [-0.4, -0.2) is 6.54 Å². The van der Waals surface area contributed by atoms with E-state index in [1.54, 1.807) is 0 Å². The highest BCUT2D eigenvalue weighted by molar-refractivity contribution is 5.44. The molecule has 1 aliphatic carbocycles. The minimum Gasteiger partial charge on any atom is -0.385 e. The third-order valence-corrected chi connectivity index (χ3v) is 4.41. The molecule has 106 valence electrons. The molecule has 2 rings (SSSR count). The number of aryl methyl sites for hydroxylation is 1. The predicted molar refractivity (Wildman–Crippen MR) is 84.7 cm³/mol. The maximum absolute atomic E-state index is 3.62. The molecular weight excluding hydrogens is 230 g/mol. The molecule has 1 aromatic carbocycles. The second-order valence-electron chi connectivity index (χ2n) is 6.32. The lowest BCUT2D eigenvalue weighted by molar-refractivity contribution is 0.293. The summed E-state index contributed by atoms with van der Waals surface area (Å²) in [6.45, 7) is 5.80. The van der Waals surface area contributed by atoms with Crippen LogP contribution in [0.25, 0.3) is 0 Å². The highest BCUT2D eigenvalue weighted by Crippen LogP contribution is 2.28. The van der Waals surface area contributed by atoms with Crippen LogP contribution in [0.15, 0.2) is 24.3 Å². The van der Waals surface area contributed by atoms with Crippen molar-refractivity contribution in [2.45, 2.75) is 58.8 Å². The Bertz CT molecular complexity index is 354. The van der Waals surface area contributed by atoms with Crippen molar-refractivity contribution in [1.29, 1.82) is 0 Å². The molecule has 0 aromatic heterocycles. The van der Waals surface area contributed by atoms with E-state index in [4.69, 9.17) is 0 Å². The summed E-state index contributed by atoms with van der Waals surface area (Å²) in [4.78, 5) is 0. The largest absolute Gasteiger partial charge is 0.385 e. The van der Waals surface area contributed by atoms with Crippen LogP contribution in [0.5, 0.6) is 0 Å². The van der Waals surface area contributed by atoms with Crippen molar-refractivity contribution < 1.29 is 0 Å². The number of hydrogen-bond acceptors (Lipinski definition) is 1. The van der Waals surface area contributed by atoms with Crippen LogP contribution < -0.4 is 5.32 Å². The summed E-state index contributed by atoms with van der Waals surface area (Å²) < 4.78 is 0. The molecule has 1 heteroatoms. The number of nitrogens with one attached hydrogen (secondary N) is 1. The Hall–Kier alpha value is -0.980. The molecule has 2 unspecified atom stereocenters. The quantitative estimate of drug-likeness (QED) is 0.734. The molecule has 0 bridgehead atoms. The Kier molecular flexibility index (Phi) is 5.75. The molecule has 1 aliphatic rings. The molecule has 0 aliphatic heterocycles. The summed E-state index contributed by atoms with van der Waals surface area (Å²) in [6.07, 6.45) is 9.46. The molecule has 2 atom stereocenters. The van der Waals surface area contributed by atoms with Crippen LogP contribution in [0.1, 0.15) is 57.9 Å². The lowest BCUT2D eigenvalue weighted by Crippen LogP contribution is -2.20. The monoisotopic (exact) mass is 259 g/mol. The molecule has 0 radical (unpaired) electrons. The molecule has 19 heavy (non-hydrogen) atoms. The molecule has 0 heterocycles. The molecule has 0 saturated heterocycles. The number of hydrogen-bond donors (Lipinski definition) is 1. The lowest BCUT2D eigenvalue weighted by atomic mass is 9.82. The van der Waals surface area contributed by atoms with Gasteiger partial charge in [-0.05, 0) is 55.2 Å². The van der Waals surface area contributed by atoms with Gasteiger partial charge in [-0.25, -0.2) is 0 Å². The highest BCUT2D eigenvalue weighted by Gasteiger charge is 2.18. The van der Waals surface area contributed by atoms with Gasteiger partial charge < -0.3 is 5.32 Å². The fourth-order valence-corrected chi connectivity index (χ4v) is 3.18. The summed E-state index contributed by atoms with van der Waals surface area (Å²) in [5.74, 6) is 1.81. The maximum atomic E-state index is 3.62. The minimum absolute atomic E-state index is 0.878. The van der Waals surface area contributed by atoms with Gasteiger partial charge in [-0.1, -0.05) is 45.2 Å². The first kappa shape index (κ1) is 14.4. The van der Waals surface area contributed by atoms with Crippen LogP contribution >= 0.6 is 0 Å². The van der Waals surface area contributed by atoms with E-state index in [2.05, 4.69) is 43.4 Å². The van der Waals surface area contributed by atoms with Crippen LogP contribution in [-0.2, 0) is 6.42 Å². The van der Waals surface area contributed by atoms with Crippen LogP contribution in [0.4, 0.5) is 5.69 Å². The lowest BCUT2D eigenvalue weighted by Gasteiger charge is -2.27. The molecule has 0 amide bonds. The Morgan fingerprint density at radius 2 is 1.95 bits per heavy atom. The van der Waals surface area contributed by atoms with Gasteiger partial charge in [0.15, 0.2) is 0 Å². The topological polar surface area (TPSA) is 12.0 Å². The van der Waals surface area contributed by atoms with E-state index in [1.807, 2.05) is 0 Å². The van der Waals surface area contributed by atoms with Crippen molar-refractivity contribution in [1.82, 2.24) is 0 Å². The Morgan fingerprint density at radius 1 is 1.16 bits per heavy atom. The molecule has 0 spiro atoms. The summed E-state index contributed by atoms with van der Waals surface area (Å²) in [5.41, 5.74) is 2.76. The van der Waals surface area contributed by atoms with Gasteiger partial charge in [0.1, 0.15) is 0 Å². The van der Waals surface area contributed by atoms with E-state index < -0.39 is 0 Å². The average molecular weight is 259 g/mol. The van der Waals surface area contributed by atoms with Crippen LogP contribution in [0, 0.1) is 11.8 Å². The van der Waals surface area contributed by atoms with E-state index in [0.717, 1.165) is 18.4 Å². The van der Waals surface area contributed by atoms with Gasteiger partial charge in [0.2, 0.25) is 0 Å². The molecule has 1 N–H and O–H groups in total. The smallest absolute Gasteiger partial charge is 0.0340 e. The average Bonchev–Trinajstić information content (AvgIpc) is 2.44. The summed E-state index contributed by atoms with van der Waals surface area (Å²) >= 11 is 0. The number of unbranched alkanes of at least 4 members (excludes halogenated alkanes) is 1. The Labute approximate surface area is 118 Å². The first-order valence-electron chi connectivity index (χ1n) is 8.10. The van der Waals surface area contributed by atoms with Crippen LogP contribution in [0.3, 0.4) is 0 Å². The Balaban J connectivity index is 1.76. The predicted octanol–water partition coefficient (Wildman–Crippen LogP) is 5.27. The van der Waals surface area contributed by atoms with Gasteiger partial charge in [-0.2, -0.15) is 0 Å². The van der Waals surface area contributed by atoms with Crippen molar-refractivity contribution in [2.24, 2.45) is 11.8 Å². The SMILES string of the molecule is CCCCc1ccc(NCC2CCCC(C)C2)cc1. The first-order chi connectivity index (χ1) is 9.28. The standard InChI is InChI=1S/C18H29N/c1-3-4-7-16-9-11-18(12-10-16)19-14-17-8-5-6-15(2)13-17/h9-12,15,17,19H,3-8,13-14H2,1-2H3. The van der Waals surface area contributed by atoms with Crippen LogP contribution in [0.2, 0.25) is 0 Å².